The van der Waals surface area contributed by atoms with Crippen LogP contribution in [0.4, 0.5) is 4.39 Å². The van der Waals surface area contributed by atoms with E-state index in [1.165, 1.54) is 20.3 Å². The highest BCUT2D eigenvalue weighted by Gasteiger charge is 2.19. The van der Waals surface area contributed by atoms with Gasteiger partial charge in [0.2, 0.25) is 0 Å². The van der Waals surface area contributed by atoms with Crippen LogP contribution in [0.5, 0.6) is 11.5 Å². The molecule has 0 radical (unpaired) electrons. The van der Waals surface area contributed by atoms with Crippen molar-refractivity contribution in [2.45, 2.75) is 24.8 Å². The van der Waals surface area contributed by atoms with Crippen molar-refractivity contribution in [3.63, 3.8) is 0 Å². The summed E-state index contributed by atoms with van der Waals surface area (Å²) >= 11 is 6.07. The van der Waals surface area contributed by atoms with Crippen molar-refractivity contribution in [1.29, 1.82) is 4.78 Å². The number of benzene rings is 2. The van der Waals surface area contributed by atoms with Crippen molar-refractivity contribution >= 4 is 21.3 Å². The summed E-state index contributed by atoms with van der Waals surface area (Å²) in [7, 11) is -0.670. The van der Waals surface area contributed by atoms with E-state index in [1.807, 2.05) is 19.1 Å². The first-order chi connectivity index (χ1) is 12.8. The van der Waals surface area contributed by atoms with Gasteiger partial charge in [0.1, 0.15) is 21.2 Å². The van der Waals surface area contributed by atoms with Gasteiger partial charge in [-0.15, -0.1) is 0 Å². The maximum absolute atomic E-state index is 13.0. The van der Waals surface area contributed by atoms with E-state index >= 15 is 0 Å². The van der Waals surface area contributed by atoms with Crippen LogP contribution >= 0.6 is 11.6 Å². The van der Waals surface area contributed by atoms with Crippen molar-refractivity contribution in [3.05, 3.63) is 52.0 Å². The Morgan fingerprint density at radius 3 is 2.44 bits per heavy atom. The molecule has 2 rings (SSSR count). The molecule has 0 aromatic heterocycles. The summed E-state index contributed by atoms with van der Waals surface area (Å²) in [5, 5.41) is 4.05. The molecule has 0 amide bonds. The first-order valence-corrected chi connectivity index (χ1v) is 10.5. The van der Waals surface area contributed by atoms with Crippen LogP contribution in [0.3, 0.4) is 0 Å². The van der Waals surface area contributed by atoms with Crippen LogP contribution in [0, 0.1) is 11.7 Å². The van der Waals surface area contributed by atoms with E-state index in [4.69, 9.17) is 25.9 Å². The van der Waals surface area contributed by atoms with E-state index in [1.54, 1.807) is 6.07 Å². The molecule has 0 bridgehead atoms. The van der Waals surface area contributed by atoms with Gasteiger partial charge in [-0.3, -0.25) is 0 Å². The molecular formula is C19H24ClFN2O3S. The Morgan fingerprint density at radius 2 is 1.85 bits per heavy atom. The predicted molar refractivity (Wildman–Crippen MR) is 106 cm³/mol. The number of methoxy groups -OCH3 is 2. The van der Waals surface area contributed by atoms with Gasteiger partial charge in [0, 0.05) is 17.6 Å². The smallest absolute Gasteiger partial charge is 0.177 e. The molecule has 2 aromatic carbocycles. The summed E-state index contributed by atoms with van der Waals surface area (Å²) in [4.78, 5) is 0.00969. The van der Waals surface area contributed by atoms with E-state index in [0.29, 0.717) is 30.3 Å². The van der Waals surface area contributed by atoms with Crippen LogP contribution in [0.25, 0.3) is 0 Å². The molecule has 2 N–H and O–H groups in total. The summed E-state index contributed by atoms with van der Waals surface area (Å²) in [5.41, 5.74) is 3.02. The Kier molecular flexibility index (Phi) is 7.47. The highest BCUT2D eigenvalue weighted by molar-refractivity contribution is 7.92. The van der Waals surface area contributed by atoms with Gasteiger partial charge in [-0.05, 0) is 54.8 Å². The quantitative estimate of drug-likeness (QED) is 0.599. The standard InChI is InChI=1S/C19H24ClFN2O3S/c1-13-6-14(8-16(20)7-13)11-23-5-4-15-9-18(26-3)19(10-17(15)25-2)27(22,24)12-21/h6-10,22-23H,4-5,11-12H2,1-3H3. The lowest BCUT2D eigenvalue weighted by molar-refractivity contribution is 0.388. The summed E-state index contributed by atoms with van der Waals surface area (Å²) in [5.74, 6) is 0.688. The molecule has 1 unspecified atom stereocenters. The zero-order valence-corrected chi connectivity index (χ0v) is 17.2. The number of ether oxygens (including phenoxy) is 2. The van der Waals surface area contributed by atoms with Crippen molar-refractivity contribution in [3.8, 4) is 11.5 Å². The molecule has 0 fully saturated rings. The van der Waals surface area contributed by atoms with Gasteiger partial charge in [-0.1, -0.05) is 17.7 Å². The van der Waals surface area contributed by atoms with Crippen LogP contribution in [-0.4, -0.2) is 31.0 Å². The maximum atomic E-state index is 13.0. The Balaban J connectivity index is 2.11. The minimum atomic E-state index is -3.56. The van der Waals surface area contributed by atoms with E-state index in [2.05, 4.69) is 11.4 Å². The van der Waals surface area contributed by atoms with Gasteiger partial charge in [0.05, 0.1) is 19.1 Å². The highest BCUT2D eigenvalue weighted by Crippen LogP contribution is 2.33. The van der Waals surface area contributed by atoms with Gasteiger partial charge in [-0.2, -0.15) is 0 Å². The molecule has 5 nitrogen and oxygen atoms in total. The third-order valence-electron chi connectivity index (χ3n) is 4.08. The van der Waals surface area contributed by atoms with Crippen molar-refractivity contribution in [1.82, 2.24) is 5.32 Å². The lowest BCUT2D eigenvalue weighted by Gasteiger charge is -2.16. The van der Waals surface area contributed by atoms with Crippen LogP contribution in [0.2, 0.25) is 5.02 Å². The van der Waals surface area contributed by atoms with Gasteiger partial charge in [0.15, 0.2) is 6.01 Å². The molecule has 1 atom stereocenters. The monoisotopic (exact) mass is 414 g/mol. The average Bonchev–Trinajstić information content (AvgIpc) is 2.63. The van der Waals surface area contributed by atoms with Crippen molar-refractivity contribution in [2.24, 2.45) is 0 Å². The number of halogens is 2. The van der Waals surface area contributed by atoms with Gasteiger partial charge in [0.25, 0.3) is 0 Å². The Morgan fingerprint density at radius 1 is 1.15 bits per heavy atom. The minimum Gasteiger partial charge on any atom is -0.496 e. The lowest BCUT2D eigenvalue weighted by atomic mass is 10.1. The zero-order valence-electron chi connectivity index (χ0n) is 15.6. The molecule has 0 spiro atoms. The van der Waals surface area contributed by atoms with E-state index in [-0.39, 0.29) is 10.6 Å². The average molecular weight is 415 g/mol. The van der Waals surface area contributed by atoms with Crippen LogP contribution in [-0.2, 0) is 22.7 Å². The summed E-state index contributed by atoms with van der Waals surface area (Å²) in [6.45, 7) is 3.32. The second kappa shape index (κ2) is 9.39. The van der Waals surface area contributed by atoms with Crippen molar-refractivity contribution in [2.75, 3.05) is 26.8 Å². The number of hydrogen-bond acceptors (Lipinski definition) is 5. The van der Waals surface area contributed by atoms with Crippen LogP contribution in [0.1, 0.15) is 16.7 Å². The fourth-order valence-electron chi connectivity index (χ4n) is 2.81. The molecule has 0 aliphatic rings. The second-order valence-electron chi connectivity index (χ2n) is 6.16. The third kappa shape index (κ3) is 5.57. The number of nitrogens with one attached hydrogen (secondary N) is 2. The molecule has 0 saturated carbocycles. The normalized spacial score (nSPS) is 13.2. The predicted octanol–water partition coefficient (Wildman–Crippen LogP) is 4.33. The van der Waals surface area contributed by atoms with E-state index in [9.17, 15) is 8.60 Å². The number of hydrogen-bond donors (Lipinski definition) is 2. The molecular weight excluding hydrogens is 391 g/mol. The number of rotatable bonds is 9. The van der Waals surface area contributed by atoms with Gasteiger partial charge >= 0.3 is 0 Å². The topological polar surface area (TPSA) is 71.4 Å². The first kappa shape index (κ1) is 21.5. The molecule has 0 saturated heterocycles. The van der Waals surface area contributed by atoms with Gasteiger partial charge in [-0.25, -0.2) is 13.4 Å². The molecule has 148 valence electrons. The lowest BCUT2D eigenvalue weighted by Crippen LogP contribution is -2.17. The molecule has 0 aliphatic carbocycles. The maximum Gasteiger partial charge on any atom is 0.177 e. The van der Waals surface area contributed by atoms with Crippen LogP contribution in [0.15, 0.2) is 35.2 Å². The minimum absolute atomic E-state index is 0.00969. The fraction of sp³-hybridized carbons (Fsp3) is 0.368. The molecule has 27 heavy (non-hydrogen) atoms. The summed E-state index contributed by atoms with van der Waals surface area (Å²) < 4.78 is 43.4. The van der Waals surface area contributed by atoms with Crippen LogP contribution < -0.4 is 14.8 Å². The third-order valence-corrected chi connectivity index (χ3v) is 5.63. The SMILES string of the molecule is COc1cc(S(=N)(=O)CF)c(OC)cc1CCNCc1cc(C)cc(Cl)c1. The van der Waals surface area contributed by atoms with E-state index < -0.39 is 15.7 Å². The largest absolute Gasteiger partial charge is 0.496 e. The van der Waals surface area contributed by atoms with Gasteiger partial charge < -0.3 is 14.8 Å². The Hall–Kier alpha value is -1.83. The molecule has 0 heterocycles. The zero-order chi connectivity index (χ0) is 20.0. The second-order valence-corrected chi connectivity index (χ2v) is 8.61. The Labute approximate surface area is 164 Å². The summed E-state index contributed by atoms with van der Waals surface area (Å²) in [6, 6.07) is 7.71. The number of aryl methyl sites for hydroxylation is 1. The highest BCUT2D eigenvalue weighted by atomic mass is 35.5. The molecule has 0 aliphatic heterocycles. The number of alkyl halides is 1. The van der Waals surface area contributed by atoms with E-state index in [0.717, 1.165) is 16.7 Å². The van der Waals surface area contributed by atoms with Crippen molar-refractivity contribution < 1.29 is 18.1 Å². The fourth-order valence-corrected chi connectivity index (χ4v) is 4.01. The molecule has 2 aromatic rings. The Bertz CT molecular complexity index is 884. The summed E-state index contributed by atoms with van der Waals surface area (Å²) in [6.07, 6.45) is 0.619. The molecule has 8 heteroatoms. The first-order valence-electron chi connectivity index (χ1n) is 8.35.